The summed E-state index contributed by atoms with van der Waals surface area (Å²) in [4.78, 5) is 28.9. The average Bonchev–Trinajstić information content (AvgIpc) is 3.11. The van der Waals surface area contributed by atoms with E-state index in [1.54, 1.807) is 4.90 Å². The summed E-state index contributed by atoms with van der Waals surface area (Å²) < 4.78 is 0. The highest BCUT2D eigenvalue weighted by Crippen LogP contribution is 2.50. The number of benzene rings is 1. The molecule has 122 valence electrons. The number of hydrogen-bond acceptors (Lipinski definition) is 4. The zero-order valence-corrected chi connectivity index (χ0v) is 13.8. The maximum atomic E-state index is 13.0. The van der Waals surface area contributed by atoms with Gasteiger partial charge in [-0.3, -0.25) is 14.5 Å². The van der Waals surface area contributed by atoms with Crippen molar-refractivity contribution in [3.05, 3.63) is 35.9 Å². The molecule has 3 saturated heterocycles. The Morgan fingerprint density at radius 2 is 2.00 bits per heavy atom. The van der Waals surface area contributed by atoms with Crippen LogP contribution in [0.2, 0.25) is 0 Å². The Kier molecular flexibility index (Phi) is 3.43. The lowest BCUT2D eigenvalue weighted by Crippen LogP contribution is -2.70. The monoisotopic (exact) mass is 332 g/mol. The summed E-state index contributed by atoms with van der Waals surface area (Å²) in [5.41, 5.74) is 1.00. The molecule has 0 saturated carbocycles. The van der Waals surface area contributed by atoms with Crippen molar-refractivity contribution in [1.82, 2.24) is 9.80 Å². The van der Waals surface area contributed by atoms with Crippen LogP contribution in [0.25, 0.3) is 0 Å². The third-order valence-corrected chi connectivity index (χ3v) is 6.49. The SMILES string of the molecule is CC1SC2(O)C3CCCN3C(=O)C(Cc3ccccc3)N2C1=O. The summed E-state index contributed by atoms with van der Waals surface area (Å²) in [5.74, 6) is -0.151. The van der Waals surface area contributed by atoms with Crippen LogP contribution < -0.4 is 0 Å². The lowest BCUT2D eigenvalue weighted by atomic mass is 9.97. The summed E-state index contributed by atoms with van der Waals surface area (Å²) >= 11 is 1.29. The van der Waals surface area contributed by atoms with Crippen LogP contribution in [0.5, 0.6) is 0 Å². The summed E-state index contributed by atoms with van der Waals surface area (Å²) in [7, 11) is 0. The Balaban J connectivity index is 1.74. The maximum Gasteiger partial charge on any atom is 0.246 e. The van der Waals surface area contributed by atoms with Gasteiger partial charge in [-0.15, -0.1) is 0 Å². The van der Waals surface area contributed by atoms with Crippen molar-refractivity contribution < 1.29 is 14.7 Å². The zero-order chi connectivity index (χ0) is 16.2. The molecule has 23 heavy (non-hydrogen) atoms. The quantitative estimate of drug-likeness (QED) is 0.884. The maximum absolute atomic E-state index is 13.0. The molecule has 4 rings (SSSR count). The molecule has 1 N–H and O–H groups in total. The van der Waals surface area contributed by atoms with Crippen molar-refractivity contribution in [2.75, 3.05) is 6.54 Å². The fourth-order valence-corrected chi connectivity index (χ4v) is 5.54. The van der Waals surface area contributed by atoms with E-state index in [2.05, 4.69) is 0 Å². The number of amides is 2. The highest BCUT2D eigenvalue weighted by molar-refractivity contribution is 8.02. The molecular formula is C17H20N2O3S. The average molecular weight is 332 g/mol. The number of thioether (sulfide) groups is 1. The van der Waals surface area contributed by atoms with Crippen LogP contribution in [0.4, 0.5) is 0 Å². The van der Waals surface area contributed by atoms with E-state index in [0.29, 0.717) is 13.0 Å². The summed E-state index contributed by atoms with van der Waals surface area (Å²) in [6.45, 7) is 2.49. The third-order valence-electron chi connectivity index (χ3n) is 5.12. The minimum atomic E-state index is -1.28. The third kappa shape index (κ3) is 2.11. The van der Waals surface area contributed by atoms with E-state index in [1.165, 1.54) is 16.7 Å². The first-order chi connectivity index (χ1) is 11.0. The number of rotatable bonds is 2. The second-order valence-corrected chi connectivity index (χ2v) is 8.07. The van der Waals surface area contributed by atoms with E-state index in [-0.39, 0.29) is 23.1 Å². The number of piperazine rings is 1. The summed E-state index contributed by atoms with van der Waals surface area (Å²) in [5, 5.41) is 9.67. The van der Waals surface area contributed by atoms with Crippen LogP contribution in [0, 0.1) is 0 Å². The van der Waals surface area contributed by atoms with Crippen molar-refractivity contribution in [3.63, 3.8) is 0 Å². The summed E-state index contributed by atoms with van der Waals surface area (Å²) in [6.07, 6.45) is 2.09. The van der Waals surface area contributed by atoms with Gasteiger partial charge in [-0.05, 0) is 25.3 Å². The van der Waals surface area contributed by atoms with Crippen LogP contribution in [-0.2, 0) is 16.0 Å². The Hall–Kier alpha value is -1.53. The molecule has 1 aromatic carbocycles. The fraction of sp³-hybridized carbons (Fsp3) is 0.529. The van der Waals surface area contributed by atoms with Gasteiger partial charge in [-0.25, -0.2) is 0 Å². The van der Waals surface area contributed by atoms with E-state index in [9.17, 15) is 14.7 Å². The van der Waals surface area contributed by atoms with Gasteiger partial charge in [0.2, 0.25) is 16.9 Å². The Morgan fingerprint density at radius 1 is 1.26 bits per heavy atom. The number of hydrogen-bond donors (Lipinski definition) is 1. The largest absolute Gasteiger partial charge is 0.360 e. The molecule has 3 fully saturated rings. The van der Waals surface area contributed by atoms with Gasteiger partial charge in [-0.1, -0.05) is 42.1 Å². The molecule has 6 heteroatoms. The highest BCUT2D eigenvalue weighted by Gasteiger charge is 2.64. The normalized spacial score (nSPS) is 36.3. The molecule has 0 aromatic heterocycles. The first-order valence-corrected chi connectivity index (χ1v) is 8.98. The van der Waals surface area contributed by atoms with E-state index >= 15 is 0 Å². The Labute approximate surface area is 139 Å². The van der Waals surface area contributed by atoms with E-state index in [4.69, 9.17) is 0 Å². The van der Waals surface area contributed by atoms with Gasteiger partial charge in [0, 0.05) is 13.0 Å². The van der Waals surface area contributed by atoms with Crippen molar-refractivity contribution in [3.8, 4) is 0 Å². The number of aliphatic hydroxyl groups is 1. The molecule has 4 atom stereocenters. The topological polar surface area (TPSA) is 60.9 Å². The molecule has 0 aliphatic carbocycles. The number of carbonyl (C=O) groups excluding carboxylic acids is 2. The number of nitrogens with zero attached hydrogens (tertiary/aromatic N) is 2. The van der Waals surface area contributed by atoms with Crippen molar-refractivity contribution in [2.24, 2.45) is 0 Å². The molecule has 0 radical (unpaired) electrons. The fourth-order valence-electron chi connectivity index (χ4n) is 4.08. The van der Waals surface area contributed by atoms with Gasteiger partial charge in [0.25, 0.3) is 0 Å². The standard InChI is InChI=1S/C17H20N2O3S/c1-11-15(20)19-13(10-12-6-3-2-4-7-12)16(21)18-9-5-8-14(18)17(19,22)23-11/h2-4,6-7,11,13-14,22H,5,8-10H2,1H3. The zero-order valence-electron chi connectivity index (χ0n) is 13.0. The smallest absolute Gasteiger partial charge is 0.246 e. The van der Waals surface area contributed by atoms with Crippen LogP contribution in [0.1, 0.15) is 25.3 Å². The van der Waals surface area contributed by atoms with Crippen LogP contribution in [0.3, 0.4) is 0 Å². The van der Waals surface area contributed by atoms with Gasteiger partial charge < -0.3 is 10.0 Å². The van der Waals surface area contributed by atoms with Gasteiger partial charge in [0.15, 0.2) is 0 Å². The Morgan fingerprint density at radius 3 is 2.74 bits per heavy atom. The van der Waals surface area contributed by atoms with Gasteiger partial charge >= 0.3 is 0 Å². The molecule has 0 bridgehead atoms. The van der Waals surface area contributed by atoms with Gasteiger partial charge in [0.1, 0.15) is 6.04 Å². The molecule has 3 aliphatic heterocycles. The minimum Gasteiger partial charge on any atom is -0.360 e. The van der Waals surface area contributed by atoms with Gasteiger partial charge in [0.05, 0.1) is 11.3 Å². The first-order valence-electron chi connectivity index (χ1n) is 8.10. The highest BCUT2D eigenvalue weighted by atomic mass is 32.2. The molecule has 0 spiro atoms. The molecule has 4 unspecified atom stereocenters. The summed E-state index contributed by atoms with van der Waals surface area (Å²) in [6, 6.07) is 8.81. The molecule has 1 aromatic rings. The Bertz CT molecular complexity index is 652. The molecule has 2 amide bonds. The van der Waals surface area contributed by atoms with Crippen LogP contribution in [-0.4, -0.2) is 55.7 Å². The lowest BCUT2D eigenvalue weighted by Gasteiger charge is -2.49. The van der Waals surface area contributed by atoms with Crippen molar-refractivity contribution in [1.29, 1.82) is 0 Å². The predicted molar refractivity (Wildman–Crippen MR) is 87.5 cm³/mol. The molecular weight excluding hydrogens is 312 g/mol. The second kappa shape index (κ2) is 5.24. The number of fused-ring (bicyclic) bond motifs is 3. The molecule has 5 nitrogen and oxygen atoms in total. The minimum absolute atomic E-state index is 0.0240. The van der Waals surface area contributed by atoms with E-state index in [0.717, 1.165) is 18.4 Å². The molecule has 3 heterocycles. The second-order valence-electron chi connectivity index (χ2n) is 6.52. The molecule has 3 aliphatic rings. The predicted octanol–water partition coefficient (Wildman–Crippen LogP) is 1.21. The van der Waals surface area contributed by atoms with Crippen LogP contribution >= 0.6 is 11.8 Å². The van der Waals surface area contributed by atoms with Crippen LogP contribution in [0.15, 0.2) is 30.3 Å². The number of carbonyl (C=O) groups is 2. The first kappa shape index (κ1) is 15.0. The van der Waals surface area contributed by atoms with Crippen molar-refractivity contribution >= 4 is 23.6 Å². The van der Waals surface area contributed by atoms with E-state index in [1.807, 2.05) is 37.3 Å². The van der Waals surface area contributed by atoms with Crippen molar-refractivity contribution in [2.45, 2.75) is 48.6 Å². The lowest BCUT2D eigenvalue weighted by molar-refractivity contribution is -0.179. The van der Waals surface area contributed by atoms with Gasteiger partial charge in [-0.2, -0.15) is 0 Å². The van der Waals surface area contributed by atoms with E-state index < -0.39 is 11.1 Å².